The first-order chi connectivity index (χ1) is 11.7. The van der Waals surface area contributed by atoms with Gasteiger partial charge in [0.25, 0.3) is 5.91 Å². The molecule has 5 heteroatoms. The van der Waals surface area contributed by atoms with Crippen LogP contribution in [0.2, 0.25) is 0 Å². The molecule has 1 atom stereocenters. The summed E-state index contributed by atoms with van der Waals surface area (Å²) in [5, 5.41) is 11.8. The molecule has 2 heterocycles. The summed E-state index contributed by atoms with van der Waals surface area (Å²) in [6, 6.07) is 5.96. The van der Waals surface area contributed by atoms with Gasteiger partial charge in [0.2, 0.25) is 0 Å². The SMILES string of the molecule is C[C@@H](NC(=O)c1ccc2c(c1)CCC2)c1nnc2n1CCCCC2. The molecule has 4 rings (SSSR count). The van der Waals surface area contributed by atoms with Crippen LogP contribution in [0.25, 0.3) is 0 Å². The van der Waals surface area contributed by atoms with Crippen LogP contribution in [0.4, 0.5) is 0 Å². The highest BCUT2D eigenvalue weighted by Crippen LogP contribution is 2.23. The van der Waals surface area contributed by atoms with E-state index in [-0.39, 0.29) is 11.9 Å². The largest absolute Gasteiger partial charge is 0.342 e. The average Bonchev–Trinajstić information content (AvgIpc) is 3.15. The normalized spacial score (nSPS) is 17.7. The fourth-order valence-corrected chi connectivity index (χ4v) is 3.89. The van der Waals surface area contributed by atoms with Crippen molar-refractivity contribution >= 4 is 5.91 Å². The summed E-state index contributed by atoms with van der Waals surface area (Å²) in [5.41, 5.74) is 3.46. The van der Waals surface area contributed by atoms with Crippen LogP contribution in [0.15, 0.2) is 18.2 Å². The average molecular weight is 324 g/mol. The number of aromatic nitrogens is 3. The van der Waals surface area contributed by atoms with E-state index >= 15 is 0 Å². The molecule has 0 bridgehead atoms. The van der Waals surface area contributed by atoms with Gasteiger partial charge in [0.15, 0.2) is 5.82 Å². The van der Waals surface area contributed by atoms with Crippen LogP contribution in [0.5, 0.6) is 0 Å². The van der Waals surface area contributed by atoms with Gasteiger partial charge in [0.05, 0.1) is 6.04 Å². The summed E-state index contributed by atoms with van der Waals surface area (Å²) >= 11 is 0. The monoisotopic (exact) mass is 324 g/mol. The summed E-state index contributed by atoms with van der Waals surface area (Å²) in [6.07, 6.45) is 7.97. The van der Waals surface area contributed by atoms with E-state index in [1.165, 1.54) is 30.4 Å². The van der Waals surface area contributed by atoms with Crippen molar-refractivity contribution in [1.29, 1.82) is 0 Å². The summed E-state index contributed by atoms with van der Waals surface area (Å²) in [7, 11) is 0. The summed E-state index contributed by atoms with van der Waals surface area (Å²) in [5.74, 6) is 1.91. The third-order valence-electron chi connectivity index (χ3n) is 5.23. The zero-order valence-electron chi connectivity index (χ0n) is 14.2. The van der Waals surface area contributed by atoms with Gasteiger partial charge in [-0.05, 0) is 62.3 Å². The number of hydrogen-bond acceptors (Lipinski definition) is 3. The number of nitrogens with one attached hydrogen (secondary N) is 1. The van der Waals surface area contributed by atoms with Crippen molar-refractivity contribution in [2.24, 2.45) is 0 Å². The predicted molar refractivity (Wildman–Crippen MR) is 91.9 cm³/mol. The van der Waals surface area contributed by atoms with Crippen LogP contribution < -0.4 is 5.32 Å². The Morgan fingerprint density at radius 3 is 2.88 bits per heavy atom. The summed E-state index contributed by atoms with van der Waals surface area (Å²) in [6.45, 7) is 2.95. The molecular formula is C19H24N4O. The third-order valence-corrected chi connectivity index (χ3v) is 5.23. The number of hydrogen-bond donors (Lipinski definition) is 1. The number of amides is 1. The Bertz CT molecular complexity index is 765. The highest BCUT2D eigenvalue weighted by molar-refractivity contribution is 5.94. The fraction of sp³-hybridized carbons (Fsp3) is 0.526. The van der Waals surface area contributed by atoms with Crippen LogP contribution in [-0.2, 0) is 25.8 Å². The second-order valence-electron chi connectivity index (χ2n) is 6.97. The fourth-order valence-electron chi connectivity index (χ4n) is 3.89. The third kappa shape index (κ3) is 2.83. The Morgan fingerprint density at radius 2 is 1.96 bits per heavy atom. The van der Waals surface area contributed by atoms with Crippen LogP contribution in [-0.4, -0.2) is 20.7 Å². The molecule has 0 fully saturated rings. The van der Waals surface area contributed by atoms with Gasteiger partial charge in [-0.15, -0.1) is 10.2 Å². The maximum Gasteiger partial charge on any atom is 0.251 e. The topological polar surface area (TPSA) is 59.8 Å². The highest BCUT2D eigenvalue weighted by atomic mass is 16.1. The van der Waals surface area contributed by atoms with E-state index < -0.39 is 0 Å². The minimum atomic E-state index is -0.134. The van der Waals surface area contributed by atoms with E-state index in [4.69, 9.17) is 0 Å². The zero-order chi connectivity index (χ0) is 16.5. The van der Waals surface area contributed by atoms with Crippen molar-refractivity contribution in [3.8, 4) is 0 Å². The van der Waals surface area contributed by atoms with Crippen LogP contribution >= 0.6 is 0 Å². The maximum absolute atomic E-state index is 12.6. The van der Waals surface area contributed by atoms with Crippen LogP contribution in [0.3, 0.4) is 0 Å². The molecule has 1 aliphatic carbocycles. The molecule has 126 valence electrons. The van der Waals surface area contributed by atoms with Crippen molar-refractivity contribution in [3.63, 3.8) is 0 Å². The number of fused-ring (bicyclic) bond motifs is 2. The molecule has 5 nitrogen and oxygen atoms in total. The van der Waals surface area contributed by atoms with E-state index in [0.29, 0.717) is 0 Å². The first-order valence-corrected chi connectivity index (χ1v) is 9.07. The van der Waals surface area contributed by atoms with Crippen LogP contribution in [0.1, 0.15) is 71.8 Å². The van der Waals surface area contributed by atoms with Gasteiger partial charge in [-0.1, -0.05) is 12.5 Å². The minimum absolute atomic E-state index is 0.0248. The Kier molecular flexibility index (Phi) is 4.08. The van der Waals surface area contributed by atoms with Gasteiger partial charge >= 0.3 is 0 Å². The number of carbonyl (C=O) groups excluding carboxylic acids is 1. The molecule has 2 aliphatic rings. The van der Waals surface area contributed by atoms with Crippen LogP contribution in [0, 0.1) is 0 Å². The first-order valence-electron chi connectivity index (χ1n) is 9.07. The molecule has 1 amide bonds. The van der Waals surface area contributed by atoms with Gasteiger partial charge < -0.3 is 9.88 Å². The molecule has 2 aromatic rings. The smallest absolute Gasteiger partial charge is 0.251 e. The van der Waals surface area contributed by atoms with E-state index in [9.17, 15) is 4.79 Å². The molecule has 0 saturated heterocycles. The molecule has 24 heavy (non-hydrogen) atoms. The second-order valence-corrected chi connectivity index (χ2v) is 6.97. The standard InChI is InChI=1S/C19H24N4O/c1-13(18-22-21-17-8-3-2-4-11-23(17)18)20-19(24)16-10-9-14-6-5-7-15(14)12-16/h9-10,12-13H,2-8,11H2,1H3,(H,20,24)/t13-/m1/s1. The number of benzene rings is 1. The van der Waals surface area contributed by atoms with E-state index in [1.54, 1.807) is 0 Å². The molecule has 1 aromatic carbocycles. The highest BCUT2D eigenvalue weighted by Gasteiger charge is 2.21. The molecule has 0 radical (unpaired) electrons. The van der Waals surface area contributed by atoms with Gasteiger partial charge in [-0.3, -0.25) is 4.79 Å². The summed E-state index contributed by atoms with van der Waals surface area (Å²) in [4.78, 5) is 12.6. The van der Waals surface area contributed by atoms with E-state index in [1.807, 2.05) is 13.0 Å². The lowest BCUT2D eigenvalue weighted by molar-refractivity contribution is 0.0937. The Morgan fingerprint density at radius 1 is 1.08 bits per heavy atom. The Hall–Kier alpha value is -2.17. The van der Waals surface area contributed by atoms with Gasteiger partial charge in [-0.2, -0.15) is 0 Å². The second kappa shape index (κ2) is 6.38. The number of nitrogens with zero attached hydrogens (tertiary/aromatic N) is 3. The van der Waals surface area contributed by atoms with Crippen molar-refractivity contribution in [2.45, 2.75) is 64.5 Å². The number of rotatable bonds is 3. The Balaban J connectivity index is 1.51. The van der Waals surface area contributed by atoms with Gasteiger partial charge in [-0.25, -0.2) is 0 Å². The van der Waals surface area contributed by atoms with Gasteiger partial charge in [0.1, 0.15) is 5.82 Å². The summed E-state index contributed by atoms with van der Waals surface area (Å²) < 4.78 is 2.20. The first kappa shape index (κ1) is 15.4. The number of carbonyl (C=O) groups is 1. The zero-order valence-corrected chi connectivity index (χ0v) is 14.2. The van der Waals surface area contributed by atoms with E-state index in [2.05, 4.69) is 32.2 Å². The Labute approximate surface area is 142 Å². The molecule has 1 N–H and O–H groups in total. The molecule has 0 saturated carbocycles. The van der Waals surface area contributed by atoms with Crippen molar-refractivity contribution < 1.29 is 4.79 Å². The van der Waals surface area contributed by atoms with E-state index in [0.717, 1.165) is 49.4 Å². The predicted octanol–water partition coefficient (Wildman–Crippen LogP) is 2.98. The molecular weight excluding hydrogens is 300 g/mol. The number of aryl methyl sites for hydroxylation is 3. The molecule has 0 spiro atoms. The van der Waals surface area contributed by atoms with Crippen molar-refractivity contribution in [1.82, 2.24) is 20.1 Å². The maximum atomic E-state index is 12.6. The quantitative estimate of drug-likeness (QED) is 0.944. The molecule has 0 unspecified atom stereocenters. The molecule has 1 aliphatic heterocycles. The minimum Gasteiger partial charge on any atom is -0.342 e. The lowest BCUT2D eigenvalue weighted by atomic mass is 10.1. The molecule has 1 aromatic heterocycles. The lowest BCUT2D eigenvalue weighted by Gasteiger charge is -2.15. The van der Waals surface area contributed by atoms with Crippen molar-refractivity contribution in [2.75, 3.05) is 0 Å². The van der Waals surface area contributed by atoms with Gasteiger partial charge in [0, 0.05) is 18.5 Å². The van der Waals surface area contributed by atoms with Crippen molar-refractivity contribution in [3.05, 3.63) is 46.5 Å². The lowest BCUT2D eigenvalue weighted by Crippen LogP contribution is -2.29.